The van der Waals surface area contributed by atoms with Crippen molar-refractivity contribution in [1.29, 1.82) is 0 Å². The van der Waals surface area contributed by atoms with Crippen molar-refractivity contribution in [2.45, 2.75) is 84.7 Å². The van der Waals surface area contributed by atoms with Crippen LogP contribution in [0.25, 0.3) is 0 Å². The molecule has 0 radical (unpaired) electrons. The fourth-order valence-electron chi connectivity index (χ4n) is 6.51. The Hall–Kier alpha value is -0.830. The van der Waals surface area contributed by atoms with E-state index in [9.17, 15) is 9.90 Å². The number of allylic oxidation sites excluding steroid dienone is 1. The third-order valence-electron chi connectivity index (χ3n) is 8.48. The molecule has 25 heavy (non-hydrogen) atoms. The highest BCUT2D eigenvalue weighted by Crippen LogP contribution is 2.66. The average Bonchev–Trinajstić information content (AvgIpc) is 2.56. The van der Waals surface area contributed by atoms with Crippen molar-refractivity contribution in [3.63, 3.8) is 0 Å². The number of hydrogen-bond donors (Lipinski definition) is 1. The Morgan fingerprint density at radius 3 is 2.56 bits per heavy atom. The minimum Gasteiger partial charge on any atom is -0.465 e. The van der Waals surface area contributed by atoms with Crippen molar-refractivity contribution in [1.82, 2.24) is 0 Å². The number of hydrogen-bond acceptors (Lipinski definition) is 3. The minimum atomic E-state index is -0.714. The van der Waals surface area contributed by atoms with Gasteiger partial charge in [-0.1, -0.05) is 33.3 Å². The molecule has 0 unspecified atom stereocenters. The number of carbonyl (C=O) groups excluding carboxylic acids is 1. The zero-order valence-electron chi connectivity index (χ0n) is 16.6. The van der Waals surface area contributed by atoms with Gasteiger partial charge >= 0.3 is 5.97 Å². The molecule has 0 aromatic heterocycles. The van der Waals surface area contributed by atoms with Crippen molar-refractivity contribution in [3.8, 4) is 0 Å². The molecule has 3 aliphatic carbocycles. The molecule has 3 heteroatoms. The SMILES string of the molecule is C=C[C@]1(C)CC[C@]2(C)[C@H](CC[C@@]3(O)[C@H]2CCC[C@]3(C)COC(C)=O)C1. The van der Waals surface area contributed by atoms with E-state index < -0.39 is 5.60 Å². The molecule has 0 bridgehead atoms. The highest BCUT2D eigenvalue weighted by Gasteiger charge is 2.64. The van der Waals surface area contributed by atoms with E-state index in [0.29, 0.717) is 18.4 Å². The molecule has 0 saturated heterocycles. The Kier molecular flexibility index (Phi) is 4.63. The van der Waals surface area contributed by atoms with Gasteiger partial charge in [-0.25, -0.2) is 0 Å². The summed E-state index contributed by atoms with van der Waals surface area (Å²) in [5.74, 6) is 0.722. The van der Waals surface area contributed by atoms with E-state index in [2.05, 4.69) is 33.4 Å². The number of ether oxygens (including phenoxy) is 1. The predicted octanol–water partition coefficient (Wildman–Crippen LogP) is 4.88. The first-order chi connectivity index (χ1) is 11.6. The monoisotopic (exact) mass is 348 g/mol. The quantitative estimate of drug-likeness (QED) is 0.584. The topological polar surface area (TPSA) is 46.5 Å². The Bertz CT molecular complexity index is 557. The standard InChI is InChI=1S/C22H36O3/c1-6-19(3)12-13-21(5)17(14-19)9-11-22(24)18(21)8-7-10-20(22,4)15-25-16(2)23/h6,17-18,24H,1,7-15H2,2-5H3/t17-,18+,19-,20-,21-,22-/m1/s1. The van der Waals surface area contributed by atoms with Crippen LogP contribution in [-0.2, 0) is 9.53 Å². The number of aliphatic hydroxyl groups is 1. The van der Waals surface area contributed by atoms with Crippen LogP contribution in [0.5, 0.6) is 0 Å². The van der Waals surface area contributed by atoms with Gasteiger partial charge in [0, 0.05) is 12.3 Å². The van der Waals surface area contributed by atoms with E-state index in [1.807, 2.05) is 0 Å². The van der Waals surface area contributed by atoms with E-state index in [0.717, 1.165) is 44.9 Å². The molecule has 0 heterocycles. The lowest BCUT2D eigenvalue weighted by molar-refractivity contribution is -0.240. The van der Waals surface area contributed by atoms with E-state index in [4.69, 9.17) is 4.74 Å². The first-order valence-corrected chi connectivity index (χ1v) is 10.1. The van der Waals surface area contributed by atoms with Gasteiger partial charge in [0.05, 0.1) is 12.2 Å². The van der Waals surface area contributed by atoms with E-state index in [1.54, 1.807) is 0 Å². The van der Waals surface area contributed by atoms with E-state index in [1.165, 1.54) is 13.3 Å². The molecule has 0 aromatic carbocycles. The minimum absolute atomic E-state index is 0.188. The van der Waals surface area contributed by atoms with Gasteiger partial charge in [0.25, 0.3) is 0 Å². The molecule has 3 saturated carbocycles. The second kappa shape index (κ2) is 6.11. The molecule has 0 spiro atoms. The first-order valence-electron chi connectivity index (χ1n) is 10.1. The molecule has 3 nitrogen and oxygen atoms in total. The summed E-state index contributed by atoms with van der Waals surface area (Å²) in [4.78, 5) is 11.4. The first kappa shape index (κ1) is 18.9. The van der Waals surface area contributed by atoms with E-state index in [-0.39, 0.29) is 22.2 Å². The third kappa shape index (κ3) is 2.87. The van der Waals surface area contributed by atoms with Gasteiger partial charge in [-0.05, 0) is 67.6 Å². The molecule has 3 aliphatic rings. The zero-order valence-corrected chi connectivity index (χ0v) is 16.6. The maximum absolute atomic E-state index is 11.9. The van der Waals surface area contributed by atoms with Crippen LogP contribution in [0.3, 0.4) is 0 Å². The maximum Gasteiger partial charge on any atom is 0.302 e. The van der Waals surface area contributed by atoms with Gasteiger partial charge in [0.1, 0.15) is 0 Å². The van der Waals surface area contributed by atoms with Gasteiger partial charge in [-0.2, -0.15) is 0 Å². The maximum atomic E-state index is 11.9. The molecule has 1 N–H and O–H groups in total. The molecule has 3 fully saturated rings. The summed E-state index contributed by atoms with van der Waals surface area (Å²) in [6, 6.07) is 0. The number of carbonyl (C=O) groups is 1. The van der Waals surface area contributed by atoms with Crippen LogP contribution in [-0.4, -0.2) is 23.3 Å². The van der Waals surface area contributed by atoms with Crippen molar-refractivity contribution < 1.29 is 14.6 Å². The molecule has 0 aliphatic heterocycles. The fourth-order valence-corrected chi connectivity index (χ4v) is 6.51. The van der Waals surface area contributed by atoms with Crippen LogP contribution in [0.15, 0.2) is 12.7 Å². The summed E-state index contributed by atoms with van der Waals surface area (Å²) in [6.07, 6.45) is 10.7. The lowest BCUT2D eigenvalue weighted by atomic mass is 9.42. The van der Waals surface area contributed by atoms with Crippen molar-refractivity contribution in [2.24, 2.45) is 28.1 Å². The average molecular weight is 349 g/mol. The molecule has 0 amide bonds. The predicted molar refractivity (Wildman–Crippen MR) is 100 cm³/mol. The second-order valence-electron chi connectivity index (χ2n) is 10.0. The van der Waals surface area contributed by atoms with Crippen LogP contribution < -0.4 is 0 Å². The number of fused-ring (bicyclic) bond motifs is 3. The van der Waals surface area contributed by atoms with Gasteiger partial charge in [0.15, 0.2) is 0 Å². The fraction of sp³-hybridized carbons (Fsp3) is 0.864. The lowest BCUT2D eigenvalue weighted by Gasteiger charge is -2.65. The molecular formula is C22H36O3. The molecule has 3 rings (SSSR count). The van der Waals surface area contributed by atoms with Gasteiger partial charge in [-0.3, -0.25) is 4.79 Å². The number of esters is 1. The third-order valence-corrected chi connectivity index (χ3v) is 8.48. The summed E-state index contributed by atoms with van der Waals surface area (Å²) in [5, 5.41) is 11.9. The van der Waals surface area contributed by atoms with Gasteiger partial charge in [-0.15, -0.1) is 6.58 Å². The molecular weight excluding hydrogens is 312 g/mol. The van der Waals surface area contributed by atoms with Crippen molar-refractivity contribution in [2.75, 3.05) is 6.61 Å². The van der Waals surface area contributed by atoms with Gasteiger partial charge < -0.3 is 9.84 Å². The van der Waals surface area contributed by atoms with Gasteiger partial charge in [0.2, 0.25) is 0 Å². The smallest absolute Gasteiger partial charge is 0.302 e. The lowest BCUT2D eigenvalue weighted by Crippen LogP contribution is -2.65. The Balaban J connectivity index is 1.89. The molecule has 142 valence electrons. The summed E-state index contributed by atoms with van der Waals surface area (Å²) in [6.45, 7) is 12.8. The van der Waals surface area contributed by atoms with Crippen LogP contribution in [0, 0.1) is 28.1 Å². The molecule has 0 aromatic rings. The Morgan fingerprint density at radius 2 is 1.92 bits per heavy atom. The normalized spacial score (nSPS) is 49.6. The summed E-state index contributed by atoms with van der Waals surface area (Å²) in [5.41, 5.74) is -0.606. The number of rotatable bonds is 3. The second-order valence-corrected chi connectivity index (χ2v) is 10.0. The Labute approximate surface area is 153 Å². The highest BCUT2D eigenvalue weighted by molar-refractivity contribution is 5.65. The molecule has 6 atom stereocenters. The van der Waals surface area contributed by atoms with Crippen LogP contribution >= 0.6 is 0 Å². The summed E-state index contributed by atoms with van der Waals surface area (Å²) < 4.78 is 5.41. The highest BCUT2D eigenvalue weighted by atomic mass is 16.5. The van der Waals surface area contributed by atoms with E-state index >= 15 is 0 Å². The summed E-state index contributed by atoms with van der Waals surface area (Å²) >= 11 is 0. The Morgan fingerprint density at radius 1 is 1.20 bits per heavy atom. The largest absolute Gasteiger partial charge is 0.465 e. The zero-order chi connectivity index (χ0) is 18.5. The summed E-state index contributed by atoms with van der Waals surface area (Å²) in [7, 11) is 0. The van der Waals surface area contributed by atoms with Crippen molar-refractivity contribution >= 4 is 5.97 Å². The van der Waals surface area contributed by atoms with Crippen molar-refractivity contribution in [3.05, 3.63) is 12.7 Å². The van der Waals surface area contributed by atoms with Crippen LogP contribution in [0.4, 0.5) is 0 Å². The van der Waals surface area contributed by atoms with Crippen LogP contribution in [0.1, 0.15) is 79.1 Å². The van der Waals surface area contributed by atoms with Crippen LogP contribution in [0.2, 0.25) is 0 Å².